The number of rotatable bonds is 6. The van der Waals surface area contributed by atoms with Gasteiger partial charge in [0, 0.05) is 24.2 Å². The van der Waals surface area contributed by atoms with Crippen LogP contribution in [0.5, 0.6) is 0 Å². The second kappa shape index (κ2) is 8.86. The van der Waals surface area contributed by atoms with Crippen LogP contribution in [-0.2, 0) is 5.41 Å². The second-order valence-corrected chi connectivity index (χ2v) is 7.77. The zero-order chi connectivity index (χ0) is 21.7. The Morgan fingerprint density at radius 1 is 0.933 bits per heavy atom. The topological polar surface area (TPSA) is 97.1 Å². The molecule has 156 valence electrons. The lowest BCUT2D eigenvalue weighted by Crippen LogP contribution is -2.34. The van der Waals surface area contributed by atoms with Gasteiger partial charge in [0.15, 0.2) is 0 Å². The number of hydrogen-bond acceptors (Lipinski definition) is 5. The predicted molar refractivity (Wildman–Crippen MR) is 110 cm³/mol. The lowest BCUT2D eigenvalue weighted by Gasteiger charge is -2.18. The molecule has 0 spiro atoms. The molecule has 7 nitrogen and oxygen atoms in total. The predicted octanol–water partition coefficient (Wildman–Crippen LogP) is 3.33. The van der Waals surface area contributed by atoms with Crippen molar-refractivity contribution < 1.29 is 18.5 Å². The Labute approximate surface area is 173 Å². The van der Waals surface area contributed by atoms with Crippen LogP contribution in [0.1, 0.15) is 47.4 Å². The van der Waals surface area contributed by atoms with Crippen LogP contribution in [0.4, 0.5) is 4.39 Å². The molecule has 8 heteroatoms. The van der Waals surface area contributed by atoms with Crippen molar-refractivity contribution in [1.29, 1.82) is 0 Å². The highest BCUT2D eigenvalue weighted by molar-refractivity contribution is 5.94. The van der Waals surface area contributed by atoms with E-state index in [4.69, 9.17) is 4.52 Å². The van der Waals surface area contributed by atoms with E-state index < -0.39 is 11.7 Å². The highest BCUT2D eigenvalue weighted by Gasteiger charge is 2.17. The van der Waals surface area contributed by atoms with Gasteiger partial charge in [-0.3, -0.25) is 9.59 Å². The Kier molecular flexibility index (Phi) is 6.25. The molecule has 0 fully saturated rings. The minimum atomic E-state index is -0.531. The maximum Gasteiger partial charge on any atom is 0.316 e. The normalized spacial score (nSPS) is 11.2. The van der Waals surface area contributed by atoms with Crippen LogP contribution in [-0.4, -0.2) is 35.0 Å². The van der Waals surface area contributed by atoms with Gasteiger partial charge < -0.3 is 15.2 Å². The van der Waals surface area contributed by atoms with Crippen LogP contribution in [0, 0.1) is 5.82 Å². The molecule has 0 aliphatic rings. The first-order chi connectivity index (χ1) is 14.2. The van der Waals surface area contributed by atoms with Crippen molar-refractivity contribution in [1.82, 2.24) is 20.8 Å². The van der Waals surface area contributed by atoms with Crippen LogP contribution >= 0.6 is 0 Å². The van der Waals surface area contributed by atoms with Crippen LogP contribution < -0.4 is 10.6 Å². The standard InChI is InChI=1S/C22H23FN4O3/c1-22(2,3)16-8-4-14(5-9-16)18-26-21(30-27-18)20(29)25-13-12-24-19(28)15-6-10-17(23)11-7-15/h4-11H,12-13H2,1-3H3,(H,24,28)(H,25,29). The molecule has 0 atom stereocenters. The minimum Gasteiger partial charge on any atom is -0.350 e. The van der Waals surface area contributed by atoms with E-state index in [2.05, 4.69) is 41.5 Å². The Morgan fingerprint density at radius 3 is 2.13 bits per heavy atom. The van der Waals surface area contributed by atoms with Crippen LogP contribution in [0.25, 0.3) is 11.4 Å². The zero-order valence-corrected chi connectivity index (χ0v) is 17.0. The average Bonchev–Trinajstić information content (AvgIpc) is 3.21. The summed E-state index contributed by atoms with van der Waals surface area (Å²) in [4.78, 5) is 28.2. The highest BCUT2D eigenvalue weighted by Crippen LogP contribution is 2.24. The third-order valence-electron chi connectivity index (χ3n) is 4.43. The van der Waals surface area contributed by atoms with E-state index in [-0.39, 0.29) is 30.3 Å². The molecule has 30 heavy (non-hydrogen) atoms. The number of nitrogens with zero attached hydrogens (tertiary/aromatic N) is 2. The van der Waals surface area contributed by atoms with Crippen molar-refractivity contribution >= 4 is 11.8 Å². The van der Waals surface area contributed by atoms with Crippen molar-refractivity contribution in [2.75, 3.05) is 13.1 Å². The van der Waals surface area contributed by atoms with E-state index in [1.807, 2.05) is 24.3 Å². The molecule has 0 unspecified atom stereocenters. The van der Waals surface area contributed by atoms with Crippen LogP contribution in [0.2, 0.25) is 0 Å². The van der Waals surface area contributed by atoms with Gasteiger partial charge >= 0.3 is 11.8 Å². The third-order valence-corrected chi connectivity index (χ3v) is 4.43. The molecule has 2 aromatic carbocycles. The quantitative estimate of drug-likeness (QED) is 0.608. The number of carbonyl (C=O) groups excluding carboxylic acids is 2. The number of benzene rings is 2. The fraction of sp³-hybridized carbons (Fsp3) is 0.273. The number of nitrogens with one attached hydrogen (secondary N) is 2. The van der Waals surface area contributed by atoms with E-state index in [1.165, 1.54) is 29.8 Å². The summed E-state index contributed by atoms with van der Waals surface area (Å²) in [5, 5.41) is 9.08. The van der Waals surface area contributed by atoms with Crippen molar-refractivity contribution in [2.45, 2.75) is 26.2 Å². The maximum absolute atomic E-state index is 12.9. The molecule has 2 amide bonds. The summed E-state index contributed by atoms with van der Waals surface area (Å²) >= 11 is 0. The smallest absolute Gasteiger partial charge is 0.316 e. The Morgan fingerprint density at radius 2 is 1.53 bits per heavy atom. The molecule has 2 N–H and O–H groups in total. The Balaban J connectivity index is 1.50. The fourth-order valence-electron chi connectivity index (χ4n) is 2.68. The number of carbonyl (C=O) groups is 2. The van der Waals surface area contributed by atoms with Gasteiger partial charge in [0.1, 0.15) is 5.82 Å². The van der Waals surface area contributed by atoms with Crippen molar-refractivity contribution in [3.05, 3.63) is 71.4 Å². The van der Waals surface area contributed by atoms with E-state index in [0.717, 1.165) is 5.56 Å². The Hall–Kier alpha value is -3.55. The molecule has 0 aliphatic heterocycles. The van der Waals surface area contributed by atoms with E-state index in [0.29, 0.717) is 11.4 Å². The van der Waals surface area contributed by atoms with Gasteiger partial charge in [-0.2, -0.15) is 4.98 Å². The largest absolute Gasteiger partial charge is 0.350 e. The van der Waals surface area contributed by atoms with Gasteiger partial charge in [-0.25, -0.2) is 4.39 Å². The van der Waals surface area contributed by atoms with Crippen molar-refractivity contribution in [2.24, 2.45) is 0 Å². The number of halogens is 1. The lowest BCUT2D eigenvalue weighted by molar-refractivity contribution is 0.0898. The molecule has 3 rings (SSSR count). The summed E-state index contributed by atoms with van der Waals surface area (Å²) in [6, 6.07) is 13.0. The monoisotopic (exact) mass is 410 g/mol. The molecule has 0 aliphatic carbocycles. The average molecular weight is 410 g/mol. The summed E-state index contributed by atoms with van der Waals surface area (Å²) < 4.78 is 17.9. The van der Waals surface area contributed by atoms with Crippen LogP contribution in [0.3, 0.4) is 0 Å². The summed E-state index contributed by atoms with van der Waals surface area (Å²) in [6.45, 7) is 6.74. The van der Waals surface area contributed by atoms with Crippen molar-refractivity contribution in [3.63, 3.8) is 0 Å². The summed E-state index contributed by atoms with van der Waals surface area (Å²) in [5.74, 6) is -1.14. The molecule has 0 saturated heterocycles. The van der Waals surface area contributed by atoms with E-state index in [9.17, 15) is 14.0 Å². The first-order valence-electron chi connectivity index (χ1n) is 9.50. The maximum atomic E-state index is 12.9. The van der Waals surface area contributed by atoms with Gasteiger partial charge in [0.2, 0.25) is 5.82 Å². The lowest BCUT2D eigenvalue weighted by atomic mass is 9.87. The summed E-state index contributed by atoms with van der Waals surface area (Å²) in [7, 11) is 0. The van der Waals surface area contributed by atoms with Gasteiger partial charge in [0.05, 0.1) is 0 Å². The first-order valence-corrected chi connectivity index (χ1v) is 9.50. The molecule has 0 radical (unpaired) electrons. The molecular formula is C22H23FN4O3. The molecule has 3 aromatic rings. The number of aromatic nitrogens is 2. The minimum absolute atomic E-state index is 0.0347. The summed E-state index contributed by atoms with van der Waals surface area (Å²) in [6.07, 6.45) is 0. The van der Waals surface area contributed by atoms with Gasteiger partial charge in [-0.05, 0) is 35.2 Å². The van der Waals surface area contributed by atoms with Crippen molar-refractivity contribution in [3.8, 4) is 11.4 Å². The Bertz CT molecular complexity index is 1020. The van der Waals surface area contributed by atoms with Crippen LogP contribution in [0.15, 0.2) is 53.1 Å². The highest BCUT2D eigenvalue weighted by atomic mass is 19.1. The second-order valence-electron chi connectivity index (χ2n) is 7.77. The zero-order valence-electron chi connectivity index (χ0n) is 17.0. The van der Waals surface area contributed by atoms with Gasteiger partial charge in [-0.15, -0.1) is 0 Å². The van der Waals surface area contributed by atoms with E-state index in [1.54, 1.807) is 0 Å². The molecular weight excluding hydrogens is 387 g/mol. The number of amides is 2. The van der Waals surface area contributed by atoms with E-state index >= 15 is 0 Å². The fourth-order valence-corrected chi connectivity index (χ4v) is 2.68. The van der Waals surface area contributed by atoms with Gasteiger partial charge in [0.25, 0.3) is 5.91 Å². The molecule has 0 saturated carbocycles. The molecule has 1 heterocycles. The molecule has 1 aromatic heterocycles. The first kappa shape index (κ1) is 21.2. The SMILES string of the molecule is CC(C)(C)c1ccc(-c2noc(C(=O)NCCNC(=O)c3ccc(F)cc3)n2)cc1. The summed E-state index contributed by atoms with van der Waals surface area (Å²) in [5.41, 5.74) is 2.29. The number of hydrogen-bond donors (Lipinski definition) is 2. The molecule has 0 bridgehead atoms. The van der Waals surface area contributed by atoms with Gasteiger partial charge in [-0.1, -0.05) is 50.2 Å². The third kappa shape index (κ3) is 5.28.